The van der Waals surface area contributed by atoms with Gasteiger partial charge in [0.2, 0.25) is 0 Å². The highest BCUT2D eigenvalue weighted by Gasteiger charge is 2.21. The Labute approximate surface area is 139 Å². The molecule has 2 N–H and O–H groups in total. The van der Waals surface area contributed by atoms with E-state index in [1.165, 1.54) is 25.3 Å². The molecule has 1 aromatic rings. The standard InChI is InChI=1S/C15H21N3O6/c1-22-14-10-11(18(20)21)2-3-13(14)23-9-8-17-6-4-12(5-7-17)24-15(16)19/h2-3,10,12H,4-9H2,1H3,(H2,16,19). The molecule has 0 aromatic heterocycles. The predicted molar refractivity (Wildman–Crippen MR) is 85.3 cm³/mol. The summed E-state index contributed by atoms with van der Waals surface area (Å²) in [4.78, 5) is 23.2. The number of piperidine rings is 1. The Kier molecular flexibility index (Phi) is 6.19. The van der Waals surface area contributed by atoms with Gasteiger partial charge in [0.1, 0.15) is 12.7 Å². The molecule has 2 rings (SSSR count). The maximum atomic E-state index is 10.8. The number of carbonyl (C=O) groups excluding carboxylic acids is 1. The van der Waals surface area contributed by atoms with E-state index in [0.29, 0.717) is 24.7 Å². The number of ether oxygens (including phenoxy) is 3. The number of benzene rings is 1. The van der Waals surface area contributed by atoms with E-state index in [1.54, 1.807) is 0 Å². The molecule has 0 aliphatic carbocycles. The molecular formula is C15H21N3O6. The van der Waals surface area contributed by atoms with Crippen molar-refractivity contribution in [2.75, 3.05) is 33.4 Å². The Bertz CT molecular complexity index is 587. The lowest BCUT2D eigenvalue weighted by atomic mass is 10.1. The van der Waals surface area contributed by atoms with Gasteiger partial charge in [-0.15, -0.1) is 0 Å². The van der Waals surface area contributed by atoms with E-state index in [-0.39, 0.29) is 11.8 Å². The molecule has 1 aliphatic rings. The van der Waals surface area contributed by atoms with Crippen LogP contribution in [0.3, 0.4) is 0 Å². The monoisotopic (exact) mass is 339 g/mol. The Morgan fingerprint density at radius 2 is 2.08 bits per heavy atom. The van der Waals surface area contributed by atoms with Crippen molar-refractivity contribution in [1.29, 1.82) is 0 Å². The van der Waals surface area contributed by atoms with Crippen molar-refractivity contribution < 1.29 is 23.9 Å². The highest BCUT2D eigenvalue weighted by molar-refractivity contribution is 5.64. The average Bonchev–Trinajstić information content (AvgIpc) is 2.56. The van der Waals surface area contributed by atoms with E-state index in [4.69, 9.17) is 19.9 Å². The van der Waals surface area contributed by atoms with E-state index in [2.05, 4.69) is 4.90 Å². The first-order chi connectivity index (χ1) is 11.5. The molecule has 1 amide bonds. The van der Waals surface area contributed by atoms with Crippen LogP contribution < -0.4 is 15.2 Å². The van der Waals surface area contributed by atoms with Gasteiger partial charge in [-0.25, -0.2) is 4.79 Å². The topological polar surface area (TPSA) is 117 Å². The van der Waals surface area contributed by atoms with Crippen LogP contribution in [0.5, 0.6) is 11.5 Å². The molecule has 9 nitrogen and oxygen atoms in total. The van der Waals surface area contributed by atoms with E-state index in [1.807, 2.05) is 0 Å². The number of nitrogens with zero attached hydrogens (tertiary/aromatic N) is 2. The molecular weight excluding hydrogens is 318 g/mol. The normalized spacial score (nSPS) is 15.7. The molecule has 0 radical (unpaired) electrons. The highest BCUT2D eigenvalue weighted by atomic mass is 16.6. The molecule has 0 saturated carbocycles. The molecule has 9 heteroatoms. The van der Waals surface area contributed by atoms with Crippen molar-refractivity contribution >= 4 is 11.8 Å². The molecule has 1 aromatic carbocycles. The number of hydrogen-bond acceptors (Lipinski definition) is 7. The third-order valence-corrected chi connectivity index (χ3v) is 3.84. The van der Waals surface area contributed by atoms with E-state index in [9.17, 15) is 14.9 Å². The van der Waals surface area contributed by atoms with Crippen molar-refractivity contribution in [2.45, 2.75) is 18.9 Å². The minimum atomic E-state index is -0.734. The van der Waals surface area contributed by atoms with Gasteiger partial charge in [-0.05, 0) is 18.9 Å². The van der Waals surface area contributed by atoms with Gasteiger partial charge in [-0.2, -0.15) is 0 Å². The summed E-state index contributed by atoms with van der Waals surface area (Å²) in [7, 11) is 1.44. The number of methoxy groups -OCH3 is 1. The lowest BCUT2D eigenvalue weighted by molar-refractivity contribution is -0.385. The van der Waals surface area contributed by atoms with Gasteiger partial charge in [-0.1, -0.05) is 0 Å². The number of nitro benzene ring substituents is 1. The summed E-state index contributed by atoms with van der Waals surface area (Å²) in [6.45, 7) is 2.70. The molecule has 1 aliphatic heterocycles. The fourth-order valence-corrected chi connectivity index (χ4v) is 2.59. The van der Waals surface area contributed by atoms with Crippen molar-refractivity contribution in [3.63, 3.8) is 0 Å². The van der Waals surface area contributed by atoms with E-state index < -0.39 is 11.0 Å². The van der Waals surface area contributed by atoms with Crippen LogP contribution in [0.1, 0.15) is 12.8 Å². The molecule has 0 spiro atoms. The summed E-state index contributed by atoms with van der Waals surface area (Å²) in [5.41, 5.74) is 4.96. The largest absolute Gasteiger partial charge is 0.493 e. The lowest BCUT2D eigenvalue weighted by Gasteiger charge is -2.31. The van der Waals surface area contributed by atoms with Crippen molar-refractivity contribution in [1.82, 2.24) is 4.90 Å². The third-order valence-electron chi connectivity index (χ3n) is 3.84. The highest BCUT2D eigenvalue weighted by Crippen LogP contribution is 2.31. The second-order valence-corrected chi connectivity index (χ2v) is 5.42. The quantitative estimate of drug-likeness (QED) is 0.591. The van der Waals surface area contributed by atoms with Gasteiger partial charge >= 0.3 is 6.09 Å². The van der Waals surface area contributed by atoms with E-state index >= 15 is 0 Å². The van der Waals surface area contributed by atoms with Gasteiger partial charge in [-0.3, -0.25) is 15.0 Å². The average molecular weight is 339 g/mol. The zero-order valence-electron chi connectivity index (χ0n) is 13.5. The van der Waals surface area contributed by atoms with Gasteiger partial charge in [0, 0.05) is 25.7 Å². The summed E-state index contributed by atoms with van der Waals surface area (Å²) in [6, 6.07) is 4.25. The van der Waals surface area contributed by atoms with Crippen LogP contribution in [0, 0.1) is 10.1 Å². The molecule has 24 heavy (non-hydrogen) atoms. The van der Waals surface area contributed by atoms with Gasteiger partial charge in [0.25, 0.3) is 5.69 Å². The van der Waals surface area contributed by atoms with Crippen LogP contribution in [0.2, 0.25) is 0 Å². The van der Waals surface area contributed by atoms with Gasteiger partial charge < -0.3 is 19.9 Å². The molecule has 1 heterocycles. The second-order valence-electron chi connectivity index (χ2n) is 5.42. The van der Waals surface area contributed by atoms with E-state index in [0.717, 1.165) is 25.9 Å². The predicted octanol–water partition coefficient (Wildman–Crippen LogP) is 1.54. The SMILES string of the molecule is COc1cc([N+](=O)[O-])ccc1OCCN1CCC(OC(N)=O)CC1. The van der Waals surface area contributed by atoms with Gasteiger partial charge in [0.05, 0.1) is 18.1 Å². The van der Waals surface area contributed by atoms with Crippen molar-refractivity contribution in [3.05, 3.63) is 28.3 Å². The number of carbonyl (C=O) groups is 1. The molecule has 1 saturated heterocycles. The number of rotatable bonds is 7. The number of amides is 1. The first-order valence-electron chi connectivity index (χ1n) is 7.63. The minimum Gasteiger partial charge on any atom is -0.493 e. The number of likely N-dealkylation sites (tertiary alicyclic amines) is 1. The molecule has 0 unspecified atom stereocenters. The number of nitro groups is 1. The zero-order chi connectivity index (χ0) is 17.5. The summed E-state index contributed by atoms with van der Waals surface area (Å²) < 4.78 is 15.8. The fourth-order valence-electron chi connectivity index (χ4n) is 2.59. The van der Waals surface area contributed by atoms with Crippen LogP contribution in [-0.2, 0) is 4.74 Å². The van der Waals surface area contributed by atoms with Crippen molar-refractivity contribution in [2.24, 2.45) is 5.73 Å². The molecule has 132 valence electrons. The van der Waals surface area contributed by atoms with Crippen LogP contribution in [0.25, 0.3) is 0 Å². The summed E-state index contributed by atoms with van der Waals surface area (Å²) in [6.07, 6.45) is 0.629. The van der Waals surface area contributed by atoms with Crippen LogP contribution in [0.15, 0.2) is 18.2 Å². The fraction of sp³-hybridized carbons (Fsp3) is 0.533. The lowest BCUT2D eigenvalue weighted by Crippen LogP contribution is -2.40. The molecule has 0 atom stereocenters. The zero-order valence-corrected chi connectivity index (χ0v) is 13.5. The summed E-state index contributed by atoms with van der Waals surface area (Å²) in [5.74, 6) is 0.799. The third kappa shape index (κ3) is 4.98. The Morgan fingerprint density at radius 1 is 1.38 bits per heavy atom. The molecule has 0 bridgehead atoms. The molecule has 1 fully saturated rings. The number of primary amides is 1. The van der Waals surface area contributed by atoms with Crippen molar-refractivity contribution in [3.8, 4) is 11.5 Å². The Morgan fingerprint density at radius 3 is 2.67 bits per heavy atom. The Hall–Kier alpha value is -2.55. The van der Waals surface area contributed by atoms with Crippen LogP contribution in [0.4, 0.5) is 10.5 Å². The second kappa shape index (κ2) is 8.34. The maximum Gasteiger partial charge on any atom is 0.404 e. The van der Waals surface area contributed by atoms with Crippen LogP contribution >= 0.6 is 0 Å². The first kappa shape index (κ1) is 17.8. The maximum absolute atomic E-state index is 10.8. The number of hydrogen-bond donors (Lipinski definition) is 1. The van der Waals surface area contributed by atoms with Crippen LogP contribution in [-0.4, -0.2) is 55.4 Å². The van der Waals surface area contributed by atoms with Gasteiger partial charge in [0.15, 0.2) is 11.5 Å². The first-order valence-corrected chi connectivity index (χ1v) is 7.63. The smallest absolute Gasteiger partial charge is 0.404 e. The summed E-state index contributed by atoms with van der Waals surface area (Å²) in [5, 5.41) is 10.8. The number of non-ortho nitro benzene ring substituents is 1. The number of nitrogens with two attached hydrogens (primary N) is 1. The minimum absolute atomic E-state index is 0.0456. The summed E-state index contributed by atoms with van der Waals surface area (Å²) >= 11 is 0. The Balaban J connectivity index is 1.78.